The Kier molecular flexibility index (Phi) is 4.93. The molecule has 0 aliphatic carbocycles. The molecular formula is C9H7BrClN3OS. The second-order valence-corrected chi connectivity index (χ2v) is 4.70. The van der Waals surface area contributed by atoms with Crippen molar-refractivity contribution in [3.63, 3.8) is 0 Å². The normalized spacial score (nSPS) is 11.0. The Morgan fingerprint density at radius 2 is 2.38 bits per heavy atom. The van der Waals surface area contributed by atoms with Crippen LogP contribution in [-0.4, -0.2) is 16.5 Å². The minimum absolute atomic E-state index is 0.0179. The minimum atomic E-state index is -0.0179. The van der Waals surface area contributed by atoms with Crippen molar-refractivity contribution >= 4 is 50.1 Å². The number of rotatable bonds is 1. The second kappa shape index (κ2) is 5.99. The summed E-state index contributed by atoms with van der Waals surface area (Å²) < 4.78 is 0.455. The Morgan fingerprint density at radius 1 is 1.69 bits per heavy atom. The maximum Gasteiger partial charge on any atom is 0.183 e. The zero-order chi connectivity index (χ0) is 12.1. The summed E-state index contributed by atoms with van der Waals surface area (Å²) in [5.41, 5.74) is 0.298. The van der Waals surface area contributed by atoms with Gasteiger partial charge in [0.1, 0.15) is 5.69 Å². The molecule has 0 heterocycles. The maximum absolute atomic E-state index is 9.70. The zero-order valence-corrected chi connectivity index (χ0v) is 11.3. The number of benzene rings is 1. The molecule has 2 N–H and O–H groups in total. The number of thioether (sulfide) groups is 1. The first-order valence-corrected chi connectivity index (χ1v) is 6.44. The van der Waals surface area contributed by atoms with E-state index < -0.39 is 0 Å². The quantitative estimate of drug-likeness (QED) is 0.361. The molecular weight excluding hydrogens is 314 g/mol. The molecule has 7 heteroatoms. The van der Waals surface area contributed by atoms with Crippen LogP contribution in [0, 0.1) is 11.5 Å². The second-order valence-electron chi connectivity index (χ2n) is 2.61. The van der Waals surface area contributed by atoms with Crippen molar-refractivity contribution in [2.45, 2.75) is 0 Å². The van der Waals surface area contributed by atoms with Gasteiger partial charge >= 0.3 is 0 Å². The van der Waals surface area contributed by atoms with Gasteiger partial charge in [-0.15, -0.1) is 0 Å². The van der Waals surface area contributed by atoms with E-state index in [1.807, 2.05) is 0 Å². The number of phenolic OH excluding ortho intramolecular Hbond substituents is 1. The van der Waals surface area contributed by atoms with Crippen LogP contribution in [0.1, 0.15) is 0 Å². The number of aliphatic imine (C=N–C) groups is 1. The van der Waals surface area contributed by atoms with Gasteiger partial charge in [0.15, 0.2) is 17.1 Å². The summed E-state index contributed by atoms with van der Waals surface area (Å²) >= 11 is 10.2. The Bertz CT molecular complexity index is 473. The first-order chi connectivity index (χ1) is 7.58. The Morgan fingerprint density at radius 3 is 2.94 bits per heavy atom. The van der Waals surface area contributed by atoms with Crippen molar-refractivity contribution in [3.05, 3.63) is 21.6 Å². The average molecular weight is 321 g/mol. The van der Waals surface area contributed by atoms with E-state index >= 15 is 0 Å². The van der Waals surface area contributed by atoms with Gasteiger partial charge in [-0.2, -0.15) is 5.26 Å². The average Bonchev–Trinajstić information content (AvgIpc) is 2.24. The number of nitrogens with one attached hydrogen (secondary N) is 1. The van der Waals surface area contributed by atoms with Gasteiger partial charge in [0.25, 0.3) is 0 Å². The summed E-state index contributed by atoms with van der Waals surface area (Å²) in [6, 6.07) is 3.07. The highest BCUT2D eigenvalue weighted by Gasteiger charge is 2.07. The largest absolute Gasteiger partial charge is 0.505 e. The molecule has 0 aliphatic rings. The number of aromatic hydroxyl groups is 1. The molecule has 84 valence electrons. The fraction of sp³-hybridized carbons (Fsp3) is 0.111. The zero-order valence-electron chi connectivity index (χ0n) is 8.16. The van der Waals surface area contributed by atoms with Crippen molar-refractivity contribution < 1.29 is 5.11 Å². The fourth-order valence-corrected chi connectivity index (χ4v) is 2.05. The highest BCUT2D eigenvalue weighted by atomic mass is 79.9. The van der Waals surface area contributed by atoms with E-state index in [2.05, 4.69) is 26.2 Å². The van der Waals surface area contributed by atoms with E-state index in [1.165, 1.54) is 17.8 Å². The number of halogens is 2. The third-order valence-electron chi connectivity index (χ3n) is 1.59. The molecule has 0 radical (unpaired) electrons. The lowest BCUT2D eigenvalue weighted by atomic mass is 10.3. The standard InChI is InChI=1S/C9H7BrClN3OS/c1-16-9(13-4-12)14-7-3-5(11)2-6(10)8(7)15/h2-3,15H,1H3,(H,13,14). The molecule has 1 aromatic carbocycles. The van der Waals surface area contributed by atoms with E-state index in [-0.39, 0.29) is 5.75 Å². The third kappa shape index (κ3) is 3.30. The molecule has 0 fully saturated rings. The molecule has 0 bridgehead atoms. The smallest absolute Gasteiger partial charge is 0.183 e. The first kappa shape index (κ1) is 13.2. The van der Waals surface area contributed by atoms with E-state index in [1.54, 1.807) is 18.5 Å². The maximum atomic E-state index is 9.70. The number of amidine groups is 1. The van der Waals surface area contributed by atoms with Gasteiger partial charge in [0, 0.05) is 5.02 Å². The fourth-order valence-electron chi connectivity index (χ4n) is 0.919. The van der Waals surface area contributed by atoms with E-state index in [0.717, 1.165) is 0 Å². The van der Waals surface area contributed by atoms with Gasteiger partial charge < -0.3 is 5.11 Å². The predicted molar refractivity (Wildman–Crippen MR) is 70.2 cm³/mol. The summed E-state index contributed by atoms with van der Waals surface area (Å²) in [4.78, 5) is 4.07. The van der Waals surface area contributed by atoms with E-state index in [9.17, 15) is 5.11 Å². The highest BCUT2D eigenvalue weighted by Crippen LogP contribution is 2.37. The van der Waals surface area contributed by atoms with Gasteiger partial charge in [-0.05, 0) is 34.3 Å². The van der Waals surface area contributed by atoms with Crippen molar-refractivity contribution in [3.8, 4) is 11.9 Å². The molecule has 0 amide bonds. The number of hydrogen-bond acceptors (Lipinski definition) is 4. The van der Waals surface area contributed by atoms with Crippen LogP contribution in [0.3, 0.4) is 0 Å². The number of nitrogens with zero attached hydrogens (tertiary/aromatic N) is 2. The Labute approximate surface area is 110 Å². The molecule has 0 aliphatic heterocycles. The highest BCUT2D eigenvalue weighted by molar-refractivity contribution is 9.10. The Hall–Kier alpha value is -0.900. The molecule has 0 unspecified atom stereocenters. The summed E-state index contributed by atoms with van der Waals surface area (Å²) in [6.45, 7) is 0. The summed E-state index contributed by atoms with van der Waals surface area (Å²) in [6.07, 6.45) is 3.52. The first-order valence-electron chi connectivity index (χ1n) is 4.04. The SMILES string of the molecule is CSC(=Nc1cc(Cl)cc(Br)c1O)NC#N. The molecule has 0 saturated heterocycles. The van der Waals surface area contributed by atoms with Crippen molar-refractivity contribution in [2.24, 2.45) is 4.99 Å². The van der Waals surface area contributed by atoms with Gasteiger partial charge in [0.2, 0.25) is 0 Å². The van der Waals surface area contributed by atoms with Crippen LogP contribution in [0.4, 0.5) is 5.69 Å². The van der Waals surface area contributed by atoms with Crippen LogP contribution >= 0.6 is 39.3 Å². The van der Waals surface area contributed by atoms with Gasteiger partial charge in [-0.3, -0.25) is 5.32 Å². The Balaban J connectivity index is 3.18. The molecule has 4 nitrogen and oxygen atoms in total. The predicted octanol–water partition coefficient (Wildman–Crippen LogP) is 3.23. The van der Waals surface area contributed by atoms with Crippen LogP contribution in [-0.2, 0) is 0 Å². The van der Waals surface area contributed by atoms with E-state index in [4.69, 9.17) is 16.9 Å². The number of hydrogen-bond donors (Lipinski definition) is 2. The van der Waals surface area contributed by atoms with Crippen LogP contribution in [0.25, 0.3) is 0 Å². The topological polar surface area (TPSA) is 68.4 Å². The third-order valence-corrected chi connectivity index (χ3v) is 2.99. The summed E-state index contributed by atoms with van der Waals surface area (Å²) in [7, 11) is 0. The monoisotopic (exact) mass is 319 g/mol. The lowest BCUT2D eigenvalue weighted by Crippen LogP contribution is -2.12. The van der Waals surface area contributed by atoms with Gasteiger partial charge in [0.05, 0.1) is 4.47 Å². The lowest BCUT2D eigenvalue weighted by molar-refractivity contribution is 0.473. The lowest BCUT2D eigenvalue weighted by Gasteiger charge is -2.04. The van der Waals surface area contributed by atoms with Crippen LogP contribution in [0.5, 0.6) is 5.75 Å². The van der Waals surface area contributed by atoms with Gasteiger partial charge in [-0.1, -0.05) is 23.4 Å². The van der Waals surface area contributed by atoms with Crippen LogP contribution in [0.2, 0.25) is 5.02 Å². The summed E-state index contributed by atoms with van der Waals surface area (Å²) in [5, 5.41) is 21.4. The van der Waals surface area contributed by atoms with Crippen LogP contribution in [0.15, 0.2) is 21.6 Å². The molecule has 0 spiro atoms. The van der Waals surface area contributed by atoms with Crippen LogP contribution < -0.4 is 5.32 Å². The molecule has 16 heavy (non-hydrogen) atoms. The van der Waals surface area contributed by atoms with Crippen molar-refractivity contribution in [1.29, 1.82) is 5.26 Å². The molecule has 1 rings (SSSR count). The molecule has 1 aromatic rings. The van der Waals surface area contributed by atoms with E-state index in [0.29, 0.717) is 20.4 Å². The number of nitriles is 1. The molecule has 0 aromatic heterocycles. The number of phenols is 1. The molecule has 0 saturated carbocycles. The minimum Gasteiger partial charge on any atom is -0.505 e. The van der Waals surface area contributed by atoms with Crippen molar-refractivity contribution in [2.75, 3.05) is 6.26 Å². The summed E-state index contributed by atoms with van der Waals surface area (Å²) in [5.74, 6) is -0.0179. The molecule has 0 atom stereocenters. The van der Waals surface area contributed by atoms with Gasteiger partial charge in [-0.25, -0.2) is 4.99 Å². The van der Waals surface area contributed by atoms with Crippen molar-refractivity contribution in [1.82, 2.24) is 5.32 Å².